The third-order valence-corrected chi connectivity index (χ3v) is 3.58. The first-order valence-electron chi connectivity index (χ1n) is 7.61. The summed E-state index contributed by atoms with van der Waals surface area (Å²) >= 11 is 0. The molecule has 0 bridgehead atoms. The van der Waals surface area contributed by atoms with Crippen molar-refractivity contribution >= 4 is 39.9 Å². The Kier molecular flexibility index (Phi) is 4.41. The summed E-state index contributed by atoms with van der Waals surface area (Å²) in [7, 11) is 0. The molecule has 7 nitrogen and oxygen atoms in total. The third kappa shape index (κ3) is 3.85. The van der Waals surface area contributed by atoms with Crippen molar-refractivity contribution in [2.75, 3.05) is 22.9 Å². The number of halogens is 3. The fourth-order valence-electron chi connectivity index (χ4n) is 2.43. The lowest BCUT2D eigenvalue weighted by Gasteiger charge is -2.12. The van der Waals surface area contributed by atoms with Gasteiger partial charge in [-0.2, -0.15) is 23.1 Å². The molecule has 0 saturated heterocycles. The van der Waals surface area contributed by atoms with Crippen molar-refractivity contribution in [3.05, 3.63) is 36.0 Å². The van der Waals surface area contributed by atoms with Gasteiger partial charge in [0.1, 0.15) is 18.0 Å². The number of hydrogen-bond acceptors (Lipinski definition) is 6. The van der Waals surface area contributed by atoms with Crippen LogP contribution in [0.15, 0.2) is 30.5 Å². The van der Waals surface area contributed by atoms with E-state index in [2.05, 4.69) is 25.6 Å². The summed E-state index contributed by atoms with van der Waals surface area (Å²) in [4.78, 5) is 11.2. The molecule has 0 aliphatic carbocycles. The summed E-state index contributed by atoms with van der Waals surface area (Å²) in [6.07, 6.45) is -2.79. The summed E-state index contributed by atoms with van der Waals surface area (Å²) in [6.45, 7) is 0.420. The maximum Gasteiger partial charge on any atom is 0.405 e. The maximum absolute atomic E-state index is 12.5. The van der Waals surface area contributed by atoms with E-state index in [1.54, 1.807) is 37.4 Å². The highest BCUT2D eigenvalue weighted by molar-refractivity contribution is 6.01. The number of anilines is 4. The Bertz CT molecular complexity index is 962. The average molecular weight is 363 g/mol. The number of aromatic nitrogens is 3. The Morgan fingerprint density at radius 1 is 1.27 bits per heavy atom. The van der Waals surface area contributed by atoms with E-state index < -0.39 is 12.7 Å². The number of fused-ring (bicyclic) bond motifs is 1. The minimum Gasteiger partial charge on any atom is -0.398 e. The lowest BCUT2D eigenvalue weighted by Crippen LogP contribution is -2.22. The zero-order valence-corrected chi connectivity index (χ0v) is 13.7. The van der Waals surface area contributed by atoms with Crippen LogP contribution in [0.25, 0.3) is 11.0 Å². The Hall–Kier alpha value is -3.30. The van der Waals surface area contributed by atoms with Gasteiger partial charge in [0.05, 0.1) is 5.39 Å². The lowest BCUT2D eigenvalue weighted by atomic mass is 10.1. The van der Waals surface area contributed by atoms with Crippen molar-refractivity contribution in [3.63, 3.8) is 0 Å². The van der Waals surface area contributed by atoms with Crippen LogP contribution >= 0.6 is 0 Å². The number of benzene rings is 1. The number of aromatic amines is 1. The van der Waals surface area contributed by atoms with Crippen molar-refractivity contribution in [1.82, 2.24) is 15.0 Å². The molecule has 2 aromatic heterocycles. The molecule has 3 rings (SSSR count). The Labute approximate surface area is 146 Å². The van der Waals surface area contributed by atoms with Crippen LogP contribution in [0.3, 0.4) is 0 Å². The number of rotatable bonds is 5. The van der Waals surface area contributed by atoms with Gasteiger partial charge in [0.25, 0.3) is 0 Å². The van der Waals surface area contributed by atoms with Crippen LogP contribution in [-0.2, 0) is 0 Å². The van der Waals surface area contributed by atoms with E-state index in [1.165, 1.54) is 0 Å². The van der Waals surface area contributed by atoms with Crippen LogP contribution in [0.1, 0.15) is 12.5 Å². The van der Waals surface area contributed by atoms with Crippen molar-refractivity contribution in [3.8, 4) is 0 Å². The monoisotopic (exact) mass is 363 g/mol. The van der Waals surface area contributed by atoms with Crippen LogP contribution < -0.4 is 16.4 Å². The maximum atomic E-state index is 12.5. The standard InChI is InChI=1S/C16H16F3N7/c1-8(20)10-3-2-9(6-12(10)21)24-15-25-13-11(4-5-22-13)14(26-15)23-7-16(17,18)19/h2-6,20H,7,21H2,1H3,(H3,22,23,24,25,26). The Balaban J connectivity index is 1.90. The fourth-order valence-corrected chi connectivity index (χ4v) is 2.43. The first kappa shape index (κ1) is 17.5. The summed E-state index contributed by atoms with van der Waals surface area (Å²) in [6, 6.07) is 6.57. The SMILES string of the molecule is CC(=N)c1ccc(Nc2nc(NCC(F)(F)F)c3cc[nH]c3n2)cc1N. The van der Waals surface area contributed by atoms with Crippen molar-refractivity contribution in [1.29, 1.82) is 5.41 Å². The molecule has 10 heteroatoms. The van der Waals surface area contributed by atoms with Gasteiger partial charge in [-0.3, -0.25) is 0 Å². The number of alkyl halides is 3. The predicted octanol–water partition coefficient (Wildman–Crippen LogP) is 3.65. The molecule has 6 N–H and O–H groups in total. The van der Waals surface area contributed by atoms with Crippen molar-refractivity contribution < 1.29 is 13.2 Å². The van der Waals surface area contributed by atoms with E-state index in [0.717, 1.165) is 0 Å². The molecule has 3 aromatic rings. The number of nitrogens with one attached hydrogen (secondary N) is 4. The van der Waals surface area contributed by atoms with Gasteiger partial charge < -0.3 is 26.8 Å². The lowest BCUT2D eigenvalue weighted by molar-refractivity contribution is -0.115. The number of H-pyrrole nitrogens is 1. The summed E-state index contributed by atoms with van der Waals surface area (Å²) in [5.74, 6) is 0.180. The third-order valence-electron chi connectivity index (χ3n) is 3.58. The summed E-state index contributed by atoms with van der Waals surface area (Å²) in [5, 5.41) is 13.3. The number of nitrogens with zero attached hydrogens (tertiary/aromatic N) is 2. The van der Waals surface area contributed by atoms with Crippen molar-refractivity contribution in [2.45, 2.75) is 13.1 Å². The molecule has 0 aliphatic heterocycles. The van der Waals surface area contributed by atoms with Gasteiger partial charge in [-0.25, -0.2) is 0 Å². The topological polar surface area (TPSA) is 116 Å². The molecule has 0 saturated carbocycles. The molecule has 136 valence electrons. The van der Waals surface area contributed by atoms with Gasteiger partial charge in [0, 0.05) is 28.8 Å². The summed E-state index contributed by atoms with van der Waals surface area (Å²) in [5.41, 5.74) is 8.19. The number of hydrogen-bond donors (Lipinski definition) is 5. The molecule has 0 radical (unpaired) electrons. The smallest absolute Gasteiger partial charge is 0.398 e. The fraction of sp³-hybridized carbons (Fsp3) is 0.188. The quantitative estimate of drug-likeness (QED) is 0.351. The molecular weight excluding hydrogens is 347 g/mol. The van der Waals surface area contributed by atoms with Crippen LogP contribution in [0, 0.1) is 5.41 Å². The molecule has 0 fully saturated rings. The molecule has 1 aromatic carbocycles. The highest BCUT2D eigenvalue weighted by Crippen LogP contribution is 2.26. The first-order valence-corrected chi connectivity index (χ1v) is 7.61. The molecule has 26 heavy (non-hydrogen) atoms. The second-order valence-electron chi connectivity index (χ2n) is 5.66. The highest BCUT2D eigenvalue weighted by Gasteiger charge is 2.27. The van der Waals surface area contributed by atoms with Crippen LogP contribution in [0.5, 0.6) is 0 Å². The molecule has 0 amide bonds. The highest BCUT2D eigenvalue weighted by atomic mass is 19.4. The zero-order chi connectivity index (χ0) is 18.9. The number of nitrogens with two attached hydrogens (primary N) is 1. The van der Waals surface area contributed by atoms with E-state index in [0.29, 0.717) is 33.7 Å². The first-order chi connectivity index (χ1) is 12.2. The Morgan fingerprint density at radius 3 is 2.69 bits per heavy atom. The van der Waals surface area contributed by atoms with Gasteiger partial charge in [-0.05, 0) is 31.2 Å². The molecule has 2 heterocycles. The average Bonchev–Trinajstić information content (AvgIpc) is 3.00. The molecule has 0 spiro atoms. The Morgan fingerprint density at radius 2 is 2.04 bits per heavy atom. The van der Waals surface area contributed by atoms with Gasteiger partial charge in [-0.15, -0.1) is 0 Å². The molecule has 0 aliphatic rings. The van der Waals surface area contributed by atoms with Crippen LogP contribution in [0.4, 0.5) is 36.3 Å². The van der Waals surface area contributed by atoms with Gasteiger partial charge in [0.15, 0.2) is 0 Å². The second kappa shape index (κ2) is 6.54. The van der Waals surface area contributed by atoms with Crippen LogP contribution in [-0.4, -0.2) is 33.4 Å². The van der Waals surface area contributed by atoms with E-state index in [1.807, 2.05) is 0 Å². The van der Waals surface area contributed by atoms with Crippen molar-refractivity contribution in [2.24, 2.45) is 0 Å². The number of nitrogen functional groups attached to an aromatic ring is 1. The minimum atomic E-state index is -4.37. The van der Waals surface area contributed by atoms with Crippen LogP contribution in [0.2, 0.25) is 0 Å². The molecular formula is C16H16F3N7. The molecule has 0 atom stereocenters. The van der Waals surface area contributed by atoms with Gasteiger partial charge in [0.2, 0.25) is 5.95 Å². The zero-order valence-electron chi connectivity index (χ0n) is 13.7. The van der Waals surface area contributed by atoms with E-state index in [9.17, 15) is 13.2 Å². The van der Waals surface area contributed by atoms with Gasteiger partial charge >= 0.3 is 6.18 Å². The largest absolute Gasteiger partial charge is 0.405 e. The summed E-state index contributed by atoms with van der Waals surface area (Å²) < 4.78 is 37.5. The van der Waals surface area contributed by atoms with Gasteiger partial charge in [-0.1, -0.05) is 0 Å². The second-order valence-corrected chi connectivity index (χ2v) is 5.66. The minimum absolute atomic E-state index is 0.0657. The predicted molar refractivity (Wildman–Crippen MR) is 95.1 cm³/mol. The van der Waals surface area contributed by atoms with E-state index in [-0.39, 0.29) is 11.8 Å². The normalized spacial score (nSPS) is 11.5. The van der Waals surface area contributed by atoms with E-state index >= 15 is 0 Å². The molecule has 0 unspecified atom stereocenters. The van der Waals surface area contributed by atoms with E-state index in [4.69, 9.17) is 11.1 Å².